The first-order chi connectivity index (χ1) is 12.1. The van der Waals surface area contributed by atoms with Gasteiger partial charge in [-0.05, 0) is 0 Å². The van der Waals surface area contributed by atoms with Gasteiger partial charge in [0, 0.05) is 64.4 Å². The first-order valence-electron chi connectivity index (χ1n) is 7.02. The van der Waals surface area contributed by atoms with Crippen LogP contribution < -0.4 is 22.9 Å². The summed E-state index contributed by atoms with van der Waals surface area (Å²) in [6.07, 6.45) is 0. The average molecular weight is 545 g/mol. The predicted molar refractivity (Wildman–Crippen MR) is 155 cm³/mol. The van der Waals surface area contributed by atoms with E-state index in [9.17, 15) is 0 Å². The van der Waals surface area contributed by atoms with Crippen LogP contribution in [0.5, 0.6) is 0 Å². The molecule has 8 N–H and O–H groups in total. The molecule has 0 atom stereocenters. The third-order valence-corrected chi connectivity index (χ3v) is 6.62. The average Bonchev–Trinajstić information content (AvgIpc) is 2.61. The lowest BCUT2D eigenvalue weighted by Crippen LogP contribution is -2.02. The molecule has 0 heterocycles. The SMILES string of the molecule is NCCS.NCCSSCCN.NCCSSCS.SCS.SCS. The molecule has 0 aliphatic carbocycles. The zero-order valence-electron chi connectivity index (χ0n) is 14.4. The third-order valence-electron chi connectivity index (χ3n) is 0.952. The van der Waals surface area contributed by atoms with E-state index in [0.29, 0.717) is 16.7 Å². The topological polar surface area (TPSA) is 104 Å². The highest BCUT2D eigenvalue weighted by Gasteiger charge is 1.84. The van der Waals surface area contributed by atoms with Crippen LogP contribution in [0.25, 0.3) is 0 Å². The second-order valence-electron chi connectivity index (χ2n) is 2.87. The normalized spacial score (nSPS) is 8.40. The smallest absolute Gasteiger partial charge is 0.0465 e. The van der Waals surface area contributed by atoms with Crippen molar-refractivity contribution in [2.45, 2.75) is 0 Å². The van der Waals surface area contributed by atoms with Crippen molar-refractivity contribution < 1.29 is 0 Å². The molecule has 0 amide bonds. The van der Waals surface area contributed by atoms with Crippen LogP contribution in [0.15, 0.2) is 0 Å². The molecule has 14 heteroatoms. The third kappa shape index (κ3) is 98.7. The van der Waals surface area contributed by atoms with Gasteiger partial charge in [0.2, 0.25) is 0 Å². The Morgan fingerprint density at radius 2 is 0.720 bits per heavy atom. The molecule has 160 valence electrons. The first-order valence-corrected chi connectivity index (χ1v) is 15.8. The van der Waals surface area contributed by atoms with E-state index in [1.165, 1.54) is 0 Å². The molecule has 0 aliphatic heterocycles. The first kappa shape index (κ1) is 38.9. The van der Waals surface area contributed by atoms with Crippen LogP contribution in [0.2, 0.25) is 0 Å². The predicted octanol–water partition coefficient (Wildman–Crippen LogP) is 2.98. The largest absolute Gasteiger partial charge is 0.330 e. The molecule has 0 saturated heterocycles. The summed E-state index contributed by atoms with van der Waals surface area (Å²) in [6.45, 7) is 2.99. The maximum atomic E-state index is 5.25. The van der Waals surface area contributed by atoms with E-state index in [1.807, 2.05) is 0 Å². The lowest BCUT2D eigenvalue weighted by Gasteiger charge is -1.93. The molecule has 0 aromatic rings. The molecule has 0 spiro atoms. The highest BCUT2D eigenvalue weighted by atomic mass is 33.1. The number of hydrogen-bond donors (Lipinski definition) is 10. The summed E-state index contributed by atoms with van der Waals surface area (Å²) in [4.78, 5) is 0. The Balaban J connectivity index is -0.0000000713. The van der Waals surface area contributed by atoms with Crippen molar-refractivity contribution in [3.05, 3.63) is 0 Å². The number of thiol groups is 6. The minimum Gasteiger partial charge on any atom is -0.330 e. The van der Waals surface area contributed by atoms with Gasteiger partial charge in [-0.2, -0.15) is 75.8 Å². The summed E-state index contributed by atoms with van der Waals surface area (Å²) >= 11 is 22.4. The Hall–Kier alpha value is 3.34. The van der Waals surface area contributed by atoms with E-state index in [4.69, 9.17) is 22.9 Å². The van der Waals surface area contributed by atoms with E-state index in [1.54, 1.807) is 43.2 Å². The van der Waals surface area contributed by atoms with Crippen LogP contribution in [-0.2, 0) is 0 Å². The Kier molecular flexibility index (Phi) is 87.7. The van der Waals surface area contributed by atoms with Crippen LogP contribution in [0.3, 0.4) is 0 Å². The minimum absolute atomic E-state index is 0.639. The van der Waals surface area contributed by atoms with Crippen LogP contribution in [0, 0.1) is 0 Å². The van der Waals surface area contributed by atoms with Gasteiger partial charge in [0.05, 0.1) is 0 Å². The van der Waals surface area contributed by atoms with E-state index >= 15 is 0 Å². The zero-order chi connectivity index (χ0) is 20.6. The molecule has 4 nitrogen and oxygen atoms in total. The maximum absolute atomic E-state index is 5.25. The molecule has 25 heavy (non-hydrogen) atoms. The van der Waals surface area contributed by atoms with Gasteiger partial charge < -0.3 is 22.9 Å². The standard InChI is InChI=1S/C4H12N2S2.C3H9NS3.C2H7NS.2CH4S2/c5-1-3-7-8-4-2-6;4-1-2-6-7-3-5;3-1-2-4;2*2-1-3/h1-6H2;5H,1-4H2;4H,1-3H2;2*2-3H,1H2. The van der Waals surface area contributed by atoms with E-state index < -0.39 is 0 Å². The molecule has 0 aliphatic rings. The molecule has 0 aromatic heterocycles. The van der Waals surface area contributed by atoms with Gasteiger partial charge in [-0.3, -0.25) is 0 Å². The van der Waals surface area contributed by atoms with Gasteiger partial charge in [0.1, 0.15) is 0 Å². The highest BCUT2D eigenvalue weighted by Crippen LogP contribution is 2.20. The van der Waals surface area contributed by atoms with Crippen molar-refractivity contribution >= 4 is 119 Å². The van der Waals surface area contributed by atoms with Crippen molar-refractivity contribution in [2.75, 3.05) is 64.4 Å². The van der Waals surface area contributed by atoms with Gasteiger partial charge in [0.15, 0.2) is 0 Å². The van der Waals surface area contributed by atoms with Crippen molar-refractivity contribution in [1.82, 2.24) is 0 Å². The van der Waals surface area contributed by atoms with Crippen LogP contribution in [0.4, 0.5) is 0 Å². The monoisotopic (exact) mass is 544 g/mol. The molecule has 0 fully saturated rings. The highest BCUT2D eigenvalue weighted by molar-refractivity contribution is 8.77. The molecular weight excluding hydrogens is 509 g/mol. The fourth-order valence-electron chi connectivity index (χ4n) is 0.358. The van der Waals surface area contributed by atoms with Gasteiger partial charge in [-0.25, -0.2) is 0 Å². The molecule has 0 saturated carbocycles. The summed E-state index contributed by atoms with van der Waals surface area (Å²) in [5.41, 5.74) is 20.7. The van der Waals surface area contributed by atoms with Crippen molar-refractivity contribution in [3.63, 3.8) is 0 Å². The molecule has 0 bridgehead atoms. The molecule has 0 unspecified atom stereocenters. The summed E-state index contributed by atoms with van der Waals surface area (Å²) in [7, 11) is 7.08. The van der Waals surface area contributed by atoms with Crippen LogP contribution in [0.1, 0.15) is 0 Å². The molecular formula is C11H36N4S10. The van der Waals surface area contributed by atoms with Crippen molar-refractivity contribution in [3.8, 4) is 0 Å². The Bertz CT molecular complexity index is 140. The van der Waals surface area contributed by atoms with Crippen molar-refractivity contribution in [1.29, 1.82) is 0 Å². The molecule has 0 radical (unpaired) electrons. The zero-order valence-corrected chi connectivity index (χ0v) is 23.0. The Labute approximate surface area is 204 Å². The quantitative estimate of drug-likeness (QED) is 0.0886. The Morgan fingerprint density at radius 1 is 0.480 bits per heavy atom. The van der Waals surface area contributed by atoms with E-state index in [2.05, 4.69) is 75.8 Å². The van der Waals surface area contributed by atoms with E-state index in [0.717, 1.165) is 47.7 Å². The summed E-state index contributed by atoms with van der Waals surface area (Å²) in [5, 5.41) is 2.16. The second-order valence-corrected chi connectivity index (χ2v) is 11.6. The summed E-state index contributed by atoms with van der Waals surface area (Å²) < 4.78 is 0. The van der Waals surface area contributed by atoms with Gasteiger partial charge in [-0.15, -0.1) is 0 Å². The molecule has 0 rings (SSSR count). The maximum Gasteiger partial charge on any atom is 0.0465 e. The lowest BCUT2D eigenvalue weighted by molar-refractivity contribution is 1.15. The number of hydrogen-bond acceptors (Lipinski definition) is 14. The van der Waals surface area contributed by atoms with Gasteiger partial charge in [-0.1, -0.05) is 43.2 Å². The van der Waals surface area contributed by atoms with Gasteiger partial charge in [0.25, 0.3) is 0 Å². The Morgan fingerprint density at radius 3 is 0.880 bits per heavy atom. The number of rotatable bonds is 10. The molecule has 0 aromatic carbocycles. The lowest BCUT2D eigenvalue weighted by atomic mass is 10.8. The fraction of sp³-hybridized carbons (Fsp3) is 1.00. The van der Waals surface area contributed by atoms with Crippen molar-refractivity contribution in [2.24, 2.45) is 22.9 Å². The van der Waals surface area contributed by atoms with E-state index in [-0.39, 0.29) is 0 Å². The van der Waals surface area contributed by atoms with Gasteiger partial charge >= 0.3 is 0 Å². The minimum atomic E-state index is 0.639. The van der Waals surface area contributed by atoms with Crippen LogP contribution in [-0.4, -0.2) is 64.4 Å². The van der Waals surface area contributed by atoms with Crippen LogP contribution >= 0.6 is 119 Å². The fourth-order valence-corrected chi connectivity index (χ4v) is 3.90. The number of nitrogens with two attached hydrogens (primary N) is 4. The summed E-state index contributed by atoms with van der Waals surface area (Å²) in [5.74, 6) is 3.89. The second kappa shape index (κ2) is 56.4. The summed E-state index contributed by atoms with van der Waals surface area (Å²) in [6, 6.07) is 0.